The van der Waals surface area contributed by atoms with Crippen LogP contribution in [0.15, 0.2) is 30.3 Å². The first-order valence-corrected chi connectivity index (χ1v) is 10.8. The van der Waals surface area contributed by atoms with Gasteiger partial charge < -0.3 is 10.1 Å². The maximum Gasteiger partial charge on any atom is 0.248 e. The van der Waals surface area contributed by atoms with Gasteiger partial charge in [0.1, 0.15) is 11.8 Å². The third-order valence-electron chi connectivity index (χ3n) is 4.59. The molecule has 152 valence electrons. The fourth-order valence-corrected chi connectivity index (χ4v) is 4.53. The lowest BCUT2D eigenvalue weighted by atomic mass is 10.0. The molecule has 0 aliphatic heterocycles. The number of aryl methyl sites for hydroxylation is 4. The van der Waals surface area contributed by atoms with Crippen molar-refractivity contribution < 1.29 is 17.9 Å². The van der Waals surface area contributed by atoms with Crippen LogP contribution in [0.5, 0.6) is 5.75 Å². The van der Waals surface area contributed by atoms with Crippen molar-refractivity contribution in [1.29, 1.82) is 0 Å². The van der Waals surface area contributed by atoms with Crippen LogP contribution in [0.4, 0.5) is 11.4 Å². The van der Waals surface area contributed by atoms with Crippen molar-refractivity contribution in [2.45, 2.75) is 40.7 Å². The number of hydrogen-bond donors (Lipinski definition) is 1. The van der Waals surface area contributed by atoms with Crippen LogP contribution in [0.1, 0.15) is 29.2 Å². The number of ether oxygens (including phenoxy) is 1. The van der Waals surface area contributed by atoms with Crippen LogP contribution in [-0.2, 0) is 14.8 Å². The molecule has 1 atom stereocenters. The summed E-state index contributed by atoms with van der Waals surface area (Å²) in [5.74, 6) is -0.0255. The molecule has 6 nitrogen and oxygen atoms in total. The molecule has 7 heteroatoms. The molecule has 0 radical (unpaired) electrons. The molecule has 0 spiro atoms. The average Bonchev–Trinajstić information content (AvgIpc) is 2.57. The van der Waals surface area contributed by atoms with E-state index in [2.05, 4.69) is 5.32 Å². The average molecular weight is 405 g/mol. The first-order valence-electron chi connectivity index (χ1n) is 8.98. The van der Waals surface area contributed by atoms with Crippen molar-refractivity contribution in [2.24, 2.45) is 0 Å². The van der Waals surface area contributed by atoms with Gasteiger partial charge in [-0.2, -0.15) is 0 Å². The summed E-state index contributed by atoms with van der Waals surface area (Å²) in [6.07, 6.45) is 1.08. The van der Waals surface area contributed by atoms with E-state index in [9.17, 15) is 13.2 Å². The van der Waals surface area contributed by atoms with Crippen molar-refractivity contribution >= 4 is 27.3 Å². The minimum atomic E-state index is -3.74. The van der Waals surface area contributed by atoms with Crippen molar-refractivity contribution in [1.82, 2.24) is 0 Å². The number of hydrogen-bond acceptors (Lipinski definition) is 4. The Balaban J connectivity index is 2.46. The molecule has 0 saturated heterocycles. The van der Waals surface area contributed by atoms with Gasteiger partial charge in [0.2, 0.25) is 15.9 Å². The second-order valence-corrected chi connectivity index (χ2v) is 9.03. The largest absolute Gasteiger partial charge is 0.495 e. The Morgan fingerprint density at radius 2 is 1.61 bits per heavy atom. The van der Waals surface area contributed by atoms with Crippen molar-refractivity contribution in [3.05, 3.63) is 52.6 Å². The number of nitrogens with zero attached hydrogens (tertiary/aromatic N) is 1. The lowest BCUT2D eigenvalue weighted by Crippen LogP contribution is -2.45. The Labute approximate surface area is 167 Å². The third kappa shape index (κ3) is 4.65. The third-order valence-corrected chi connectivity index (χ3v) is 5.81. The summed E-state index contributed by atoms with van der Waals surface area (Å²) in [7, 11) is -2.27. The zero-order chi connectivity index (χ0) is 21.2. The van der Waals surface area contributed by atoms with Crippen LogP contribution in [-0.4, -0.2) is 33.7 Å². The SMILES string of the molecule is COc1ccc(C)cc1N(C(C)C(=O)Nc1c(C)cc(C)cc1C)S(C)(=O)=O. The number of sulfonamides is 1. The minimum absolute atomic E-state index is 0.338. The molecule has 0 fully saturated rings. The van der Waals surface area contributed by atoms with E-state index in [1.165, 1.54) is 7.11 Å². The van der Waals surface area contributed by atoms with Gasteiger partial charge in [0, 0.05) is 5.69 Å². The molecule has 1 unspecified atom stereocenters. The van der Waals surface area contributed by atoms with Gasteiger partial charge in [0.15, 0.2) is 0 Å². The van der Waals surface area contributed by atoms with Crippen LogP contribution in [0.2, 0.25) is 0 Å². The first kappa shape index (κ1) is 21.8. The maximum atomic E-state index is 13.0. The summed E-state index contributed by atoms with van der Waals surface area (Å²) < 4.78 is 31.6. The van der Waals surface area contributed by atoms with E-state index in [1.54, 1.807) is 19.1 Å². The lowest BCUT2D eigenvalue weighted by Gasteiger charge is -2.30. The van der Waals surface area contributed by atoms with Gasteiger partial charge in [-0.05, 0) is 63.4 Å². The second kappa shape index (κ2) is 8.22. The van der Waals surface area contributed by atoms with Crippen LogP contribution in [0.3, 0.4) is 0 Å². The molecule has 1 N–H and O–H groups in total. The quantitative estimate of drug-likeness (QED) is 0.796. The van der Waals surface area contributed by atoms with E-state index in [0.717, 1.165) is 32.8 Å². The zero-order valence-corrected chi connectivity index (χ0v) is 18.3. The number of carbonyl (C=O) groups is 1. The summed E-state index contributed by atoms with van der Waals surface area (Å²) in [6, 6.07) is 8.21. The molecular formula is C21H28N2O4S. The normalized spacial score (nSPS) is 12.4. The topological polar surface area (TPSA) is 75.7 Å². The van der Waals surface area contributed by atoms with E-state index in [0.29, 0.717) is 17.1 Å². The van der Waals surface area contributed by atoms with Crippen LogP contribution >= 0.6 is 0 Å². The predicted molar refractivity (Wildman–Crippen MR) is 114 cm³/mol. The van der Waals surface area contributed by atoms with E-state index in [4.69, 9.17) is 4.74 Å². The molecule has 28 heavy (non-hydrogen) atoms. The van der Waals surface area contributed by atoms with Crippen molar-refractivity contribution in [3.63, 3.8) is 0 Å². The van der Waals surface area contributed by atoms with Crippen LogP contribution in [0.25, 0.3) is 0 Å². The predicted octanol–water partition coefficient (Wildman–Crippen LogP) is 3.72. The maximum absolute atomic E-state index is 13.0. The summed E-state index contributed by atoms with van der Waals surface area (Å²) in [4.78, 5) is 13.0. The highest BCUT2D eigenvalue weighted by molar-refractivity contribution is 7.92. The Morgan fingerprint density at radius 1 is 1.04 bits per heavy atom. The number of carbonyl (C=O) groups excluding carboxylic acids is 1. The summed E-state index contributed by atoms with van der Waals surface area (Å²) in [5.41, 5.74) is 4.86. The van der Waals surface area contributed by atoms with E-state index >= 15 is 0 Å². The number of benzene rings is 2. The number of amides is 1. The van der Waals surface area contributed by atoms with E-state index in [-0.39, 0.29) is 0 Å². The Morgan fingerprint density at radius 3 is 2.11 bits per heavy atom. The Bertz CT molecular complexity index is 976. The molecule has 2 aromatic rings. The number of rotatable bonds is 6. The highest BCUT2D eigenvalue weighted by atomic mass is 32.2. The summed E-state index contributed by atoms with van der Waals surface area (Å²) >= 11 is 0. The van der Waals surface area contributed by atoms with Gasteiger partial charge in [0.05, 0.1) is 19.1 Å². The highest BCUT2D eigenvalue weighted by Gasteiger charge is 2.31. The molecule has 0 saturated carbocycles. The molecule has 0 aliphatic rings. The van der Waals surface area contributed by atoms with Gasteiger partial charge in [-0.1, -0.05) is 23.8 Å². The molecule has 1 amide bonds. The molecule has 0 aromatic heterocycles. The summed E-state index contributed by atoms with van der Waals surface area (Å²) in [6.45, 7) is 9.24. The van der Waals surface area contributed by atoms with Gasteiger partial charge in [-0.3, -0.25) is 9.10 Å². The van der Waals surface area contributed by atoms with Crippen LogP contribution in [0, 0.1) is 27.7 Å². The fourth-order valence-electron chi connectivity index (χ4n) is 3.36. The Kier molecular flexibility index (Phi) is 6.39. The van der Waals surface area contributed by atoms with E-state index in [1.807, 2.05) is 45.9 Å². The molecular weight excluding hydrogens is 376 g/mol. The number of anilines is 2. The van der Waals surface area contributed by atoms with Gasteiger partial charge in [-0.15, -0.1) is 0 Å². The summed E-state index contributed by atoms with van der Waals surface area (Å²) in [5, 5.41) is 2.89. The number of nitrogens with one attached hydrogen (secondary N) is 1. The monoisotopic (exact) mass is 404 g/mol. The van der Waals surface area contributed by atoms with Gasteiger partial charge in [-0.25, -0.2) is 8.42 Å². The van der Waals surface area contributed by atoms with E-state index < -0.39 is 22.0 Å². The van der Waals surface area contributed by atoms with Crippen molar-refractivity contribution in [3.8, 4) is 5.75 Å². The lowest BCUT2D eigenvalue weighted by molar-refractivity contribution is -0.116. The van der Waals surface area contributed by atoms with Gasteiger partial charge >= 0.3 is 0 Å². The fraction of sp³-hybridized carbons (Fsp3) is 0.381. The zero-order valence-electron chi connectivity index (χ0n) is 17.5. The highest BCUT2D eigenvalue weighted by Crippen LogP contribution is 2.33. The first-order chi connectivity index (χ1) is 13.0. The standard InChI is InChI=1S/C21H28N2O4S/c1-13-8-9-19(27-6)18(12-13)23(28(7,25)26)17(5)21(24)22-20-15(3)10-14(2)11-16(20)4/h8-12,17H,1-7H3,(H,22,24). The molecule has 0 heterocycles. The Hall–Kier alpha value is -2.54. The molecule has 0 bridgehead atoms. The molecule has 0 aliphatic carbocycles. The van der Waals surface area contributed by atoms with Crippen LogP contribution < -0.4 is 14.4 Å². The van der Waals surface area contributed by atoms with Crippen molar-refractivity contribution in [2.75, 3.05) is 23.0 Å². The van der Waals surface area contributed by atoms with Gasteiger partial charge in [0.25, 0.3) is 0 Å². The second-order valence-electron chi connectivity index (χ2n) is 7.17. The number of methoxy groups -OCH3 is 1. The smallest absolute Gasteiger partial charge is 0.248 e. The molecule has 2 aromatic carbocycles. The minimum Gasteiger partial charge on any atom is -0.495 e. The molecule has 2 rings (SSSR count).